The lowest BCUT2D eigenvalue weighted by molar-refractivity contribution is -0.0845. The molecule has 2 atom stereocenters. The molecule has 1 aliphatic heterocycles. The van der Waals surface area contributed by atoms with Crippen molar-refractivity contribution in [3.63, 3.8) is 0 Å². The van der Waals surface area contributed by atoms with Gasteiger partial charge in [0, 0.05) is 18.6 Å². The molecular weight excluding hydrogens is 172 g/mol. The van der Waals surface area contributed by atoms with Crippen molar-refractivity contribution < 1.29 is 0 Å². The summed E-state index contributed by atoms with van der Waals surface area (Å²) in [5.41, 5.74) is 6.80. The molecule has 2 fully saturated rings. The SMILES string of the molecule is CC1CCN(C2(CN)CCC2(C)C)C1. The van der Waals surface area contributed by atoms with E-state index in [1.165, 1.54) is 32.4 Å². The highest BCUT2D eigenvalue weighted by molar-refractivity contribution is 5.11. The summed E-state index contributed by atoms with van der Waals surface area (Å²) < 4.78 is 0. The van der Waals surface area contributed by atoms with Crippen molar-refractivity contribution in [1.82, 2.24) is 4.90 Å². The van der Waals surface area contributed by atoms with E-state index in [9.17, 15) is 0 Å². The molecule has 1 saturated carbocycles. The van der Waals surface area contributed by atoms with Crippen LogP contribution in [0.1, 0.15) is 40.0 Å². The van der Waals surface area contributed by atoms with E-state index in [2.05, 4.69) is 25.7 Å². The summed E-state index contributed by atoms with van der Waals surface area (Å²) >= 11 is 0. The molecule has 0 bridgehead atoms. The zero-order valence-corrected chi connectivity index (χ0v) is 9.84. The third-order valence-corrected chi connectivity index (χ3v) is 4.79. The smallest absolute Gasteiger partial charge is 0.0382 e. The molecule has 0 amide bonds. The Hall–Kier alpha value is -0.0800. The van der Waals surface area contributed by atoms with Crippen molar-refractivity contribution in [3.8, 4) is 0 Å². The molecule has 2 rings (SSSR count). The Morgan fingerprint density at radius 1 is 1.36 bits per heavy atom. The van der Waals surface area contributed by atoms with Gasteiger partial charge in [0.15, 0.2) is 0 Å². The number of hydrogen-bond donors (Lipinski definition) is 1. The highest BCUT2D eigenvalue weighted by Crippen LogP contribution is 2.53. The van der Waals surface area contributed by atoms with E-state index in [0.29, 0.717) is 11.0 Å². The first kappa shape index (κ1) is 10.4. The maximum absolute atomic E-state index is 6.03. The van der Waals surface area contributed by atoms with Crippen LogP contribution in [0.3, 0.4) is 0 Å². The highest BCUT2D eigenvalue weighted by atomic mass is 15.3. The Morgan fingerprint density at radius 3 is 2.36 bits per heavy atom. The first-order valence-electron chi connectivity index (χ1n) is 5.97. The second-order valence-corrected chi connectivity index (χ2v) is 5.96. The number of nitrogens with two attached hydrogens (primary N) is 1. The quantitative estimate of drug-likeness (QED) is 0.730. The second kappa shape index (κ2) is 3.21. The van der Waals surface area contributed by atoms with Crippen LogP contribution in [0.25, 0.3) is 0 Å². The van der Waals surface area contributed by atoms with Crippen LogP contribution in [0.2, 0.25) is 0 Å². The van der Waals surface area contributed by atoms with Gasteiger partial charge in [-0.3, -0.25) is 4.90 Å². The van der Waals surface area contributed by atoms with Gasteiger partial charge in [-0.1, -0.05) is 20.8 Å². The maximum Gasteiger partial charge on any atom is 0.0382 e. The number of hydrogen-bond acceptors (Lipinski definition) is 2. The minimum Gasteiger partial charge on any atom is -0.329 e. The van der Waals surface area contributed by atoms with Gasteiger partial charge in [0.2, 0.25) is 0 Å². The van der Waals surface area contributed by atoms with E-state index >= 15 is 0 Å². The summed E-state index contributed by atoms with van der Waals surface area (Å²) in [4.78, 5) is 2.67. The molecule has 0 radical (unpaired) electrons. The summed E-state index contributed by atoms with van der Waals surface area (Å²) in [7, 11) is 0. The van der Waals surface area contributed by atoms with Crippen LogP contribution in [-0.4, -0.2) is 30.1 Å². The Balaban J connectivity index is 2.13. The first-order chi connectivity index (χ1) is 6.52. The molecule has 2 aliphatic rings. The van der Waals surface area contributed by atoms with Gasteiger partial charge in [-0.15, -0.1) is 0 Å². The first-order valence-corrected chi connectivity index (χ1v) is 5.97. The summed E-state index contributed by atoms with van der Waals surface area (Å²) in [6, 6.07) is 0. The normalized spacial score (nSPS) is 42.4. The van der Waals surface area contributed by atoms with Gasteiger partial charge in [0.1, 0.15) is 0 Å². The molecule has 0 spiro atoms. The lowest BCUT2D eigenvalue weighted by Crippen LogP contribution is -2.67. The van der Waals surface area contributed by atoms with E-state index in [4.69, 9.17) is 5.73 Å². The van der Waals surface area contributed by atoms with Crippen molar-refractivity contribution in [2.45, 2.75) is 45.6 Å². The molecular formula is C12H24N2. The predicted octanol–water partition coefficient (Wildman–Crippen LogP) is 1.85. The summed E-state index contributed by atoms with van der Waals surface area (Å²) in [5, 5.41) is 0. The van der Waals surface area contributed by atoms with Crippen molar-refractivity contribution >= 4 is 0 Å². The molecule has 2 heteroatoms. The van der Waals surface area contributed by atoms with Crippen molar-refractivity contribution in [3.05, 3.63) is 0 Å². The fraction of sp³-hybridized carbons (Fsp3) is 1.00. The van der Waals surface area contributed by atoms with Crippen molar-refractivity contribution in [2.24, 2.45) is 17.1 Å². The molecule has 2 nitrogen and oxygen atoms in total. The number of rotatable bonds is 2. The number of likely N-dealkylation sites (tertiary alicyclic amines) is 1. The second-order valence-electron chi connectivity index (χ2n) is 5.96. The van der Waals surface area contributed by atoms with Crippen LogP contribution >= 0.6 is 0 Å². The van der Waals surface area contributed by atoms with E-state index in [-0.39, 0.29) is 0 Å². The third-order valence-electron chi connectivity index (χ3n) is 4.79. The molecule has 0 aromatic heterocycles. The molecule has 1 heterocycles. The molecule has 14 heavy (non-hydrogen) atoms. The minimum atomic E-state index is 0.331. The van der Waals surface area contributed by atoms with E-state index in [1.807, 2.05) is 0 Å². The van der Waals surface area contributed by atoms with Crippen molar-refractivity contribution in [1.29, 1.82) is 0 Å². The molecule has 2 unspecified atom stereocenters. The standard InChI is InChI=1S/C12H24N2/c1-10-4-7-14(8-10)12(9-13)6-5-11(12,2)3/h10H,4-9,13H2,1-3H3. The van der Waals surface area contributed by atoms with E-state index in [1.54, 1.807) is 0 Å². The molecule has 0 aromatic carbocycles. The van der Waals surface area contributed by atoms with Gasteiger partial charge in [-0.2, -0.15) is 0 Å². The lowest BCUT2D eigenvalue weighted by atomic mass is 9.55. The van der Waals surface area contributed by atoms with Gasteiger partial charge < -0.3 is 5.73 Å². The average molecular weight is 196 g/mol. The van der Waals surface area contributed by atoms with E-state index < -0.39 is 0 Å². The largest absolute Gasteiger partial charge is 0.329 e. The zero-order chi connectivity index (χ0) is 10.4. The Morgan fingerprint density at radius 2 is 2.07 bits per heavy atom. The summed E-state index contributed by atoms with van der Waals surface area (Å²) in [5.74, 6) is 0.870. The Bertz CT molecular complexity index is 220. The van der Waals surface area contributed by atoms with Gasteiger partial charge in [0.05, 0.1) is 0 Å². The lowest BCUT2D eigenvalue weighted by Gasteiger charge is -2.60. The predicted molar refractivity (Wildman–Crippen MR) is 60.2 cm³/mol. The summed E-state index contributed by atoms with van der Waals surface area (Å²) in [6.45, 7) is 10.5. The Labute approximate surface area is 87.8 Å². The van der Waals surface area contributed by atoms with Gasteiger partial charge in [-0.25, -0.2) is 0 Å². The molecule has 1 saturated heterocycles. The molecule has 0 aromatic rings. The summed E-state index contributed by atoms with van der Waals surface area (Å²) in [6.07, 6.45) is 4.01. The minimum absolute atomic E-state index is 0.331. The fourth-order valence-electron chi connectivity index (χ4n) is 3.33. The fourth-order valence-corrected chi connectivity index (χ4v) is 3.33. The van der Waals surface area contributed by atoms with Crippen LogP contribution in [0.4, 0.5) is 0 Å². The van der Waals surface area contributed by atoms with E-state index in [0.717, 1.165) is 12.5 Å². The van der Waals surface area contributed by atoms with Gasteiger partial charge in [0.25, 0.3) is 0 Å². The van der Waals surface area contributed by atoms with Crippen LogP contribution in [-0.2, 0) is 0 Å². The van der Waals surface area contributed by atoms with Crippen molar-refractivity contribution in [2.75, 3.05) is 19.6 Å². The molecule has 1 aliphatic carbocycles. The zero-order valence-electron chi connectivity index (χ0n) is 9.84. The monoisotopic (exact) mass is 196 g/mol. The van der Waals surface area contributed by atoms with Crippen LogP contribution in [0.15, 0.2) is 0 Å². The van der Waals surface area contributed by atoms with Crippen LogP contribution in [0, 0.1) is 11.3 Å². The average Bonchev–Trinajstić information content (AvgIpc) is 2.52. The van der Waals surface area contributed by atoms with Crippen LogP contribution < -0.4 is 5.73 Å². The van der Waals surface area contributed by atoms with Gasteiger partial charge >= 0.3 is 0 Å². The Kier molecular flexibility index (Phi) is 2.39. The maximum atomic E-state index is 6.03. The molecule has 2 N–H and O–H groups in total. The topological polar surface area (TPSA) is 29.3 Å². The third kappa shape index (κ3) is 1.24. The highest BCUT2D eigenvalue weighted by Gasteiger charge is 2.56. The molecule has 82 valence electrons. The van der Waals surface area contributed by atoms with Crippen LogP contribution in [0.5, 0.6) is 0 Å². The number of nitrogens with zero attached hydrogens (tertiary/aromatic N) is 1. The van der Waals surface area contributed by atoms with Gasteiger partial charge in [-0.05, 0) is 37.1 Å².